The van der Waals surface area contributed by atoms with Crippen molar-refractivity contribution in [2.45, 2.75) is 19.5 Å². The highest BCUT2D eigenvalue weighted by molar-refractivity contribution is 5.91. The van der Waals surface area contributed by atoms with Gasteiger partial charge in [0.1, 0.15) is 12.2 Å². The van der Waals surface area contributed by atoms with E-state index in [-0.39, 0.29) is 11.4 Å². The standard InChI is InChI=1S/C10H10F3NO2/c1-6-2-3-7(4-8(6)15)14-9(16)5-10(11,12)13/h2-4,15H,5H2,1H3,(H,14,16). The van der Waals surface area contributed by atoms with Crippen LogP contribution in [0.2, 0.25) is 0 Å². The number of anilines is 1. The minimum Gasteiger partial charge on any atom is -0.508 e. The number of aryl methyl sites for hydroxylation is 1. The number of hydrogen-bond acceptors (Lipinski definition) is 2. The topological polar surface area (TPSA) is 49.3 Å². The van der Waals surface area contributed by atoms with Crippen molar-refractivity contribution in [2.75, 3.05) is 5.32 Å². The van der Waals surface area contributed by atoms with Crippen LogP contribution in [0.25, 0.3) is 0 Å². The molecule has 1 aromatic carbocycles. The fourth-order valence-corrected chi connectivity index (χ4v) is 1.07. The van der Waals surface area contributed by atoms with Crippen molar-refractivity contribution in [1.29, 1.82) is 0 Å². The molecular formula is C10H10F3NO2. The summed E-state index contributed by atoms with van der Waals surface area (Å²) in [5, 5.41) is 11.3. The highest BCUT2D eigenvalue weighted by atomic mass is 19.4. The molecule has 16 heavy (non-hydrogen) atoms. The van der Waals surface area contributed by atoms with E-state index in [0.717, 1.165) is 0 Å². The van der Waals surface area contributed by atoms with Crippen LogP contribution in [0.5, 0.6) is 5.75 Å². The normalized spacial score (nSPS) is 11.2. The van der Waals surface area contributed by atoms with E-state index < -0.39 is 18.5 Å². The Balaban J connectivity index is 2.67. The number of alkyl halides is 3. The van der Waals surface area contributed by atoms with Crippen molar-refractivity contribution >= 4 is 11.6 Å². The lowest BCUT2D eigenvalue weighted by Gasteiger charge is -2.08. The molecule has 0 aliphatic rings. The quantitative estimate of drug-likeness (QED) is 0.824. The maximum atomic E-state index is 11.8. The molecule has 0 bridgehead atoms. The van der Waals surface area contributed by atoms with Crippen LogP contribution in [0.4, 0.5) is 18.9 Å². The monoisotopic (exact) mass is 233 g/mol. The smallest absolute Gasteiger partial charge is 0.397 e. The van der Waals surface area contributed by atoms with Crippen molar-refractivity contribution < 1.29 is 23.1 Å². The average molecular weight is 233 g/mol. The van der Waals surface area contributed by atoms with Gasteiger partial charge in [-0.1, -0.05) is 6.07 Å². The molecule has 0 spiro atoms. The van der Waals surface area contributed by atoms with E-state index in [9.17, 15) is 23.1 Å². The molecule has 6 heteroatoms. The first-order chi connectivity index (χ1) is 7.28. The van der Waals surface area contributed by atoms with E-state index in [1.54, 1.807) is 6.92 Å². The number of rotatable bonds is 2. The molecular weight excluding hydrogens is 223 g/mol. The van der Waals surface area contributed by atoms with Crippen LogP contribution < -0.4 is 5.32 Å². The van der Waals surface area contributed by atoms with Crippen LogP contribution in [-0.2, 0) is 4.79 Å². The number of amides is 1. The lowest BCUT2D eigenvalue weighted by atomic mass is 10.2. The minimum atomic E-state index is -4.53. The summed E-state index contributed by atoms with van der Waals surface area (Å²) in [6.07, 6.45) is -6.07. The Morgan fingerprint density at radius 2 is 2.06 bits per heavy atom. The first kappa shape index (κ1) is 12.4. The van der Waals surface area contributed by atoms with Crippen LogP contribution in [0.15, 0.2) is 18.2 Å². The molecule has 0 aromatic heterocycles. The van der Waals surface area contributed by atoms with Crippen molar-refractivity contribution in [3.05, 3.63) is 23.8 Å². The zero-order chi connectivity index (χ0) is 12.3. The summed E-state index contributed by atoms with van der Waals surface area (Å²) in [6.45, 7) is 1.64. The molecule has 0 heterocycles. The lowest BCUT2D eigenvalue weighted by molar-refractivity contribution is -0.150. The van der Waals surface area contributed by atoms with E-state index >= 15 is 0 Å². The molecule has 1 amide bonds. The number of hydrogen-bond donors (Lipinski definition) is 2. The fraction of sp³-hybridized carbons (Fsp3) is 0.300. The average Bonchev–Trinajstić information content (AvgIpc) is 2.08. The summed E-state index contributed by atoms with van der Waals surface area (Å²) in [7, 11) is 0. The third kappa shape index (κ3) is 3.80. The van der Waals surface area contributed by atoms with Crippen molar-refractivity contribution in [2.24, 2.45) is 0 Å². The van der Waals surface area contributed by atoms with E-state index in [1.165, 1.54) is 18.2 Å². The number of phenolic OH excluding ortho intramolecular Hbond substituents is 1. The first-order valence-electron chi connectivity index (χ1n) is 4.44. The van der Waals surface area contributed by atoms with Gasteiger partial charge in [0, 0.05) is 11.8 Å². The molecule has 2 N–H and O–H groups in total. The van der Waals surface area contributed by atoms with Crippen molar-refractivity contribution in [3.63, 3.8) is 0 Å². The number of halogens is 3. The van der Waals surface area contributed by atoms with Gasteiger partial charge in [0.05, 0.1) is 0 Å². The van der Waals surface area contributed by atoms with Crippen LogP contribution in [0, 0.1) is 6.92 Å². The van der Waals surface area contributed by atoms with Crippen LogP contribution >= 0.6 is 0 Å². The number of aromatic hydroxyl groups is 1. The van der Waals surface area contributed by atoms with Gasteiger partial charge >= 0.3 is 6.18 Å². The number of carbonyl (C=O) groups excluding carboxylic acids is 1. The summed E-state index contributed by atoms with van der Waals surface area (Å²) >= 11 is 0. The highest BCUT2D eigenvalue weighted by Gasteiger charge is 2.31. The Kier molecular flexibility index (Phi) is 3.41. The molecule has 3 nitrogen and oxygen atoms in total. The zero-order valence-electron chi connectivity index (χ0n) is 8.43. The SMILES string of the molecule is Cc1ccc(NC(=O)CC(F)(F)F)cc1O. The van der Waals surface area contributed by atoms with E-state index in [4.69, 9.17) is 0 Å². The van der Waals surface area contributed by atoms with Gasteiger partial charge in [-0.15, -0.1) is 0 Å². The molecule has 1 aromatic rings. The molecule has 0 saturated heterocycles. The predicted octanol–water partition coefficient (Wildman–Crippen LogP) is 2.59. The lowest BCUT2D eigenvalue weighted by Crippen LogP contribution is -2.21. The molecule has 0 fully saturated rings. The summed E-state index contributed by atoms with van der Waals surface area (Å²) < 4.78 is 35.5. The Bertz CT molecular complexity index is 402. The molecule has 0 radical (unpaired) electrons. The van der Waals surface area contributed by atoms with Crippen molar-refractivity contribution in [1.82, 2.24) is 0 Å². The van der Waals surface area contributed by atoms with Crippen LogP contribution in [0.1, 0.15) is 12.0 Å². The van der Waals surface area contributed by atoms with Gasteiger partial charge in [-0.05, 0) is 18.6 Å². The molecule has 0 aliphatic heterocycles. The number of benzene rings is 1. The largest absolute Gasteiger partial charge is 0.508 e. The van der Waals surface area contributed by atoms with Gasteiger partial charge in [-0.25, -0.2) is 0 Å². The Morgan fingerprint density at radius 3 is 2.56 bits per heavy atom. The number of phenols is 1. The molecule has 88 valence electrons. The Labute approximate surface area is 89.9 Å². The Morgan fingerprint density at radius 1 is 1.44 bits per heavy atom. The Hall–Kier alpha value is -1.72. The van der Waals surface area contributed by atoms with E-state index in [1.807, 2.05) is 5.32 Å². The number of nitrogens with one attached hydrogen (secondary N) is 1. The first-order valence-corrected chi connectivity index (χ1v) is 4.44. The predicted molar refractivity (Wildman–Crippen MR) is 52.1 cm³/mol. The molecule has 0 saturated carbocycles. The van der Waals surface area contributed by atoms with Crippen LogP contribution in [-0.4, -0.2) is 17.2 Å². The van der Waals surface area contributed by atoms with Gasteiger partial charge in [0.25, 0.3) is 0 Å². The molecule has 1 rings (SSSR count). The van der Waals surface area contributed by atoms with E-state index in [2.05, 4.69) is 0 Å². The summed E-state index contributed by atoms with van der Waals surface area (Å²) in [5.41, 5.74) is 0.714. The second-order valence-corrected chi connectivity index (χ2v) is 3.34. The molecule has 0 atom stereocenters. The molecule has 0 aliphatic carbocycles. The maximum Gasteiger partial charge on any atom is 0.397 e. The fourth-order valence-electron chi connectivity index (χ4n) is 1.07. The van der Waals surface area contributed by atoms with E-state index in [0.29, 0.717) is 5.56 Å². The van der Waals surface area contributed by atoms with Gasteiger partial charge in [0.2, 0.25) is 5.91 Å². The van der Waals surface area contributed by atoms with Gasteiger partial charge < -0.3 is 10.4 Å². The summed E-state index contributed by atoms with van der Waals surface area (Å²) in [6, 6.07) is 4.12. The van der Waals surface area contributed by atoms with Gasteiger partial charge in [0.15, 0.2) is 0 Å². The third-order valence-electron chi connectivity index (χ3n) is 1.85. The molecule has 0 unspecified atom stereocenters. The number of carbonyl (C=O) groups is 1. The van der Waals surface area contributed by atoms with Gasteiger partial charge in [-0.2, -0.15) is 13.2 Å². The van der Waals surface area contributed by atoms with Gasteiger partial charge in [-0.3, -0.25) is 4.79 Å². The summed E-state index contributed by atoms with van der Waals surface area (Å²) in [5.74, 6) is -1.24. The minimum absolute atomic E-state index is 0.0789. The second-order valence-electron chi connectivity index (χ2n) is 3.34. The highest BCUT2D eigenvalue weighted by Crippen LogP contribution is 2.23. The maximum absolute atomic E-state index is 11.8. The zero-order valence-corrected chi connectivity index (χ0v) is 8.43. The second kappa shape index (κ2) is 4.42. The summed E-state index contributed by atoms with van der Waals surface area (Å²) in [4.78, 5) is 10.9. The van der Waals surface area contributed by atoms with Crippen LogP contribution in [0.3, 0.4) is 0 Å². The van der Waals surface area contributed by atoms with Crippen molar-refractivity contribution in [3.8, 4) is 5.75 Å². The third-order valence-corrected chi connectivity index (χ3v) is 1.85.